The van der Waals surface area contributed by atoms with Crippen LogP contribution in [0.4, 0.5) is 0 Å². The van der Waals surface area contributed by atoms with Crippen LogP contribution in [-0.4, -0.2) is 42.9 Å². The topological polar surface area (TPSA) is 32.7 Å². The van der Waals surface area contributed by atoms with Gasteiger partial charge in [-0.05, 0) is 29.9 Å². The van der Waals surface area contributed by atoms with Crippen LogP contribution >= 0.6 is 11.3 Å². The molecule has 0 radical (unpaired) electrons. The van der Waals surface area contributed by atoms with Crippen LogP contribution in [0.3, 0.4) is 0 Å². The van der Waals surface area contributed by atoms with E-state index in [0.29, 0.717) is 0 Å². The van der Waals surface area contributed by atoms with Crippen molar-refractivity contribution in [3.05, 3.63) is 21.9 Å². The van der Waals surface area contributed by atoms with Crippen LogP contribution in [0, 0.1) is 5.41 Å². The number of hydrogen-bond donors (Lipinski definition) is 1. The van der Waals surface area contributed by atoms with Crippen LogP contribution in [0.2, 0.25) is 0 Å². The maximum Gasteiger partial charge on any atom is 0.0557 e. The van der Waals surface area contributed by atoms with Gasteiger partial charge < -0.3 is 9.84 Å². The second kappa shape index (κ2) is 4.69. The Kier molecular flexibility index (Phi) is 3.21. The molecule has 0 aliphatic carbocycles. The summed E-state index contributed by atoms with van der Waals surface area (Å²) < 4.78 is 5.46. The molecule has 94 valence electrons. The van der Waals surface area contributed by atoms with Crippen LogP contribution in [0.15, 0.2) is 11.4 Å². The van der Waals surface area contributed by atoms with E-state index >= 15 is 0 Å². The van der Waals surface area contributed by atoms with Gasteiger partial charge in [-0.1, -0.05) is 0 Å². The van der Waals surface area contributed by atoms with Gasteiger partial charge in [0, 0.05) is 36.5 Å². The molecule has 1 unspecified atom stereocenters. The number of nitrogens with zero attached hydrogens (tertiary/aromatic N) is 1. The van der Waals surface area contributed by atoms with Crippen LogP contribution < -0.4 is 0 Å². The molecule has 3 rings (SSSR count). The Labute approximate surface area is 106 Å². The van der Waals surface area contributed by atoms with E-state index in [1.165, 1.54) is 5.56 Å². The number of aliphatic hydroxyl groups excluding tert-OH is 1. The molecule has 2 aliphatic rings. The molecule has 1 aromatic heterocycles. The predicted octanol–water partition coefficient (Wildman–Crippen LogP) is 1.51. The maximum atomic E-state index is 9.60. The second-order valence-electron chi connectivity index (χ2n) is 5.29. The summed E-state index contributed by atoms with van der Waals surface area (Å²) in [5.41, 5.74) is 1.47. The second-order valence-corrected chi connectivity index (χ2v) is 6.29. The van der Waals surface area contributed by atoms with E-state index in [0.717, 1.165) is 45.7 Å². The fraction of sp³-hybridized carbons (Fsp3) is 0.692. The van der Waals surface area contributed by atoms with Gasteiger partial charge in [-0.15, -0.1) is 11.3 Å². The van der Waals surface area contributed by atoms with Gasteiger partial charge in [-0.2, -0.15) is 0 Å². The number of hydrogen-bond acceptors (Lipinski definition) is 4. The summed E-state index contributed by atoms with van der Waals surface area (Å²) in [4.78, 5) is 4.02. The zero-order valence-corrected chi connectivity index (χ0v) is 10.8. The van der Waals surface area contributed by atoms with Crippen molar-refractivity contribution in [2.24, 2.45) is 5.41 Å². The lowest BCUT2D eigenvalue weighted by molar-refractivity contribution is 0.0525. The Morgan fingerprint density at radius 1 is 1.53 bits per heavy atom. The molecular formula is C13H19NO2S. The lowest BCUT2D eigenvalue weighted by Crippen LogP contribution is -2.42. The highest BCUT2D eigenvalue weighted by Gasteiger charge is 2.36. The molecule has 0 saturated carbocycles. The molecule has 3 nitrogen and oxygen atoms in total. The highest BCUT2D eigenvalue weighted by Crippen LogP contribution is 2.32. The van der Waals surface area contributed by atoms with Crippen LogP contribution in [0.5, 0.6) is 0 Å². The molecule has 4 heteroatoms. The van der Waals surface area contributed by atoms with Gasteiger partial charge in [-0.3, -0.25) is 4.90 Å². The zero-order chi connectivity index (χ0) is 11.7. The van der Waals surface area contributed by atoms with E-state index in [1.807, 2.05) is 11.3 Å². The van der Waals surface area contributed by atoms with Crippen molar-refractivity contribution in [2.45, 2.75) is 19.4 Å². The predicted molar refractivity (Wildman–Crippen MR) is 68.3 cm³/mol. The zero-order valence-electron chi connectivity index (χ0n) is 10.0. The molecule has 0 amide bonds. The van der Waals surface area contributed by atoms with Crippen molar-refractivity contribution in [3.63, 3.8) is 0 Å². The molecule has 1 fully saturated rings. The molecule has 1 aromatic rings. The number of rotatable bonds is 3. The molecular weight excluding hydrogens is 234 g/mol. The summed E-state index contributed by atoms with van der Waals surface area (Å²) in [5.74, 6) is 0. The Bertz CT molecular complexity index is 385. The Hall–Kier alpha value is -0.420. The number of thiophene rings is 1. The first-order chi connectivity index (χ1) is 8.31. The van der Waals surface area contributed by atoms with E-state index in [9.17, 15) is 5.11 Å². The van der Waals surface area contributed by atoms with E-state index in [1.54, 1.807) is 4.88 Å². The van der Waals surface area contributed by atoms with Gasteiger partial charge >= 0.3 is 0 Å². The van der Waals surface area contributed by atoms with E-state index in [2.05, 4.69) is 16.3 Å². The SMILES string of the molecule is OCC1(CN2CCc3sccc3C2)CCOC1. The summed E-state index contributed by atoms with van der Waals surface area (Å²) in [6.45, 7) is 4.91. The largest absolute Gasteiger partial charge is 0.396 e. The van der Waals surface area contributed by atoms with E-state index in [-0.39, 0.29) is 12.0 Å². The summed E-state index contributed by atoms with van der Waals surface area (Å²) in [7, 11) is 0. The normalized spacial score (nSPS) is 29.5. The minimum Gasteiger partial charge on any atom is -0.396 e. The smallest absolute Gasteiger partial charge is 0.0557 e. The third kappa shape index (κ3) is 2.27. The lowest BCUT2D eigenvalue weighted by atomic mass is 9.87. The van der Waals surface area contributed by atoms with Gasteiger partial charge in [0.1, 0.15) is 0 Å². The van der Waals surface area contributed by atoms with Crippen molar-refractivity contribution in [3.8, 4) is 0 Å². The first kappa shape index (κ1) is 11.7. The molecule has 0 bridgehead atoms. The highest BCUT2D eigenvalue weighted by atomic mass is 32.1. The van der Waals surface area contributed by atoms with Crippen LogP contribution in [0.1, 0.15) is 16.9 Å². The average molecular weight is 253 g/mol. The highest BCUT2D eigenvalue weighted by molar-refractivity contribution is 7.10. The molecule has 1 saturated heterocycles. The van der Waals surface area contributed by atoms with Crippen LogP contribution in [-0.2, 0) is 17.7 Å². The summed E-state index contributed by atoms with van der Waals surface area (Å²) in [6, 6.07) is 2.24. The molecule has 0 spiro atoms. The Morgan fingerprint density at radius 2 is 2.47 bits per heavy atom. The fourth-order valence-electron chi connectivity index (χ4n) is 2.87. The van der Waals surface area contributed by atoms with Crippen molar-refractivity contribution < 1.29 is 9.84 Å². The van der Waals surface area contributed by atoms with Gasteiger partial charge in [0.25, 0.3) is 0 Å². The summed E-state index contributed by atoms with van der Waals surface area (Å²) in [5, 5.41) is 11.8. The van der Waals surface area contributed by atoms with Crippen molar-refractivity contribution in [1.82, 2.24) is 4.90 Å². The number of ether oxygens (including phenoxy) is 1. The average Bonchev–Trinajstić information content (AvgIpc) is 2.97. The van der Waals surface area contributed by atoms with Crippen molar-refractivity contribution >= 4 is 11.3 Å². The third-order valence-electron chi connectivity index (χ3n) is 3.97. The van der Waals surface area contributed by atoms with Gasteiger partial charge in [0.15, 0.2) is 0 Å². The third-order valence-corrected chi connectivity index (χ3v) is 4.99. The lowest BCUT2D eigenvalue weighted by Gasteiger charge is -2.35. The quantitative estimate of drug-likeness (QED) is 0.886. The minimum absolute atomic E-state index is 0.00642. The first-order valence-corrected chi connectivity index (χ1v) is 7.16. The van der Waals surface area contributed by atoms with Crippen molar-refractivity contribution in [2.75, 3.05) is 32.9 Å². The monoisotopic (exact) mass is 253 g/mol. The van der Waals surface area contributed by atoms with Gasteiger partial charge in [0.2, 0.25) is 0 Å². The minimum atomic E-state index is -0.00642. The standard InChI is InChI=1S/C13H19NO2S/c15-9-13(3-5-16-10-13)8-14-4-1-12-11(7-14)2-6-17-12/h2,6,15H,1,3-5,7-10H2. The maximum absolute atomic E-state index is 9.60. The molecule has 17 heavy (non-hydrogen) atoms. The molecule has 1 N–H and O–H groups in total. The van der Waals surface area contributed by atoms with Crippen molar-refractivity contribution in [1.29, 1.82) is 0 Å². The van der Waals surface area contributed by atoms with Gasteiger partial charge in [0.05, 0.1) is 13.2 Å². The molecule has 1 atom stereocenters. The Balaban J connectivity index is 1.67. The molecule has 0 aromatic carbocycles. The number of fused-ring (bicyclic) bond motifs is 1. The summed E-state index contributed by atoms with van der Waals surface area (Å²) >= 11 is 1.87. The number of aliphatic hydroxyl groups is 1. The summed E-state index contributed by atoms with van der Waals surface area (Å²) in [6.07, 6.45) is 2.16. The van der Waals surface area contributed by atoms with Gasteiger partial charge in [-0.25, -0.2) is 0 Å². The fourth-order valence-corrected chi connectivity index (χ4v) is 3.75. The van der Waals surface area contributed by atoms with E-state index < -0.39 is 0 Å². The molecule has 3 heterocycles. The Morgan fingerprint density at radius 3 is 3.24 bits per heavy atom. The first-order valence-electron chi connectivity index (χ1n) is 6.28. The van der Waals surface area contributed by atoms with Crippen LogP contribution in [0.25, 0.3) is 0 Å². The van der Waals surface area contributed by atoms with E-state index in [4.69, 9.17) is 4.74 Å². The molecule has 2 aliphatic heterocycles.